The van der Waals surface area contributed by atoms with Crippen molar-refractivity contribution >= 4 is 35.4 Å². The lowest BCUT2D eigenvalue weighted by Crippen LogP contribution is -2.59. The van der Waals surface area contributed by atoms with Gasteiger partial charge in [0.2, 0.25) is 35.4 Å². The van der Waals surface area contributed by atoms with Crippen molar-refractivity contribution in [1.82, 2.24) is 42.1 Å². The van der Waals surface area contributed by atoms with Crippen LogP contribution in [0.5, 0.6) is 0 Å². The zero-order valence-electron chi connectivity index (χ0n) is 36.1. The molecular formula is C44H66N8O6. The third-order valence-corrected chi connectivity index (χ3v) is 10.7. The van der Waals surface area contributed by atoms with Crippen molar-refractivity contribution in [2.24, 2.45) is 10.8 Å². The summed E-state index contributed by atoms with van der Waals surface area (Å²) in [5, 5.41) is 20.3. The molecule has 1 aromatic rings. The first-order valence-electron chi connectivity index (χ1n) is 20.5. The van der Waals surface area contributed by atoms with Gasteiger partial charge in [0.05, 0.1) is 18.1 Å². The summed E-state index contributed by atoms with van der Waals surface area (Å²) in [7, 11) is 3.33. The molecule has 1 aliphatic heterocycles. The topological polar surface area (TPSA) is 190 Å². The maximum absolute atomic E-state index is 13.8. The normalized spacial score (nSPS) is 18.9. The zero-order valence-corrected chi connectivity index (χ0v) is 36.1. The lowest BCUT2D eigenvalue weighted by atomic mass is 9.85. The second-order valence-electron chi connectivity index (χ2n) is 17.4. The van der Waals surface area contributed by atoms with Gasteiger partial charge in [-0.05, 0) is 93.8 Å². The van der Waals surface area contributed by atoms with Gasteiger partial charge < -0.3 is 42.1 Å². The van der Waals surface area contributed by atoms with Gasteiger partial charge in [-0.2, -0.15) is 0 Å². The quantitative estimate of drug-likeness (QED) is 0.103. The van der Waals surface area contributed by atoms with E-state index in [2.05, 4.69) is 67.0 Å². The number of fused-ring (bicyclic) bond motifs is 1. The molecule has 1 aliphatic carbocycles. The lowest BCUT2D eigenvalue weighted by Gasteiger charge is -2.36. The fraction of sp³-hybridized carbons (Fsp3) is 0.636. The molecule has 0 saturated carbocycles. The monoisotopic (exact) mass is 803 g/mol. The second kappa shape index (κ2) is 21.7. The number of likely N-dealkylation sites (N-methyl/N-ethyl adjacent to an activating group) is 2. The lowest BCUT2D eigenvalue weighted by molar-refractivity contribution is -0.144. The molecule has 1 fully saturated rings. The smallest absolute Gasteiger partial charge is 0.246 e. The van der Waals surface area contributed by atoms with Crippen LogP contribution in [0, 0.1) is 34.5 Å². The average Bonchev–Trinajstić information content (AvgIpc) is 3.68. The molecule has 0 unspecified atom stereocenters. The molecule has 0 radical (unpaired) electrons. The average molecular weight is 803 g/mol. The Hall–Kier alpha value is -4.92. The maximum atomic E-state index is 13.8. The highest BCUT2D eigenvalue weighted by Gasteiger charge is 2.42. The van der Waals surface area contributed by atoms with Crippen LogP contribution in [0.3, 0.4) is 0 Å². The molecule has 318 valence electrons. The number of likely N-dealkylation sites (tertiary alicyclic amines) is 1. The van der Waals surface area contributed by atoms with Gasteiger partial charge in [-0.1, -0.05) is 77.6 Å². The van der Waals surface area contributed by atoms with Crippen molar-refractivity contribution in [3.63, 3.8) is 0 Å². The predicted octanol–water partition coefficient (Wildman–Crippen LogP) is 1.84. The van der Waals surface area contributed by atoms with Gasteiger partial charge >= 0.3 is 0 Å². The summed E-state index contributed by atoms with van der Waals surface area (Å²) in [5.41, 5.74) is 1.01. The molecule has 3 rings (SSSR count). The summed E-state index contributed by atoms with van der Waals surface area (Å²) in [5.74, 6) is 9.31. The van der Waals surface area contributed by atoms with Crippen molar-refractivity contribution < 1.29 is 28.8 Å². The number of amides is 6. The van der Waals surface area contributed by atoms with Gasteiger partial charge in [0.15, 0.2) is 0 Å². The first kappa shape index (κ1) is 47.5. The molecule has 14 nitrogen and oxygen atoms in total. The molecule has 0 bridgehead atoms. The third-order valence-electron chi connectivity index (χ3n) is 10.7. The second-order valence-corrected chi connectivity index (χ2v) is 17.4. The van der Waals surface area contributed by atoms with E-state index in [-0.39, 0.29) is 48.5 Å². The number of carbonyl (C=O) groups is 6. The van der Waals surface area contributed by atoms with E-state index in [1.165, 1.54) is 5.56 Å². The SMILES string of the molecule is CN[C@@H](C)C(=O)N[C@H](C(=O)N[C@@H](CC#CC#CCCNC(=O)[C@@H]1CCCN1C(=O)[C@@H](NC(=O)[C@H](C)NC)C(C)(C)C)C(=O)N[C@@H]1CCCc2ccccc21)C(C)(C)C. The number of benzene rings is 1. The van der Waals surface area contributed by atoms with Gasteiger partial charge in [0, 0.05) is 25.9 Å². The molecule has 1 saturated heterocycles. The first-order valence-corrected chi connectivity index (χ1v) is 20.5. The van der Waals surface area contributed by atoms with E-state index < -0.39 is 53.0 Å². The van der Waals surface area contributed by atoms with E-state index in [0.717, 1.165) is 24.8 Å². The molecule has 1 heterocycles. The largest absolute Gasteiger partial charge is 0.353 e. The summed E-state index contributed by atoms with van der Waals surface area (Å²) in [6, 6.07) is 3.40. The Morgan fingerprint density at radius 1 is 0.759 bits per heavy atom. The van der Waals surface area contributed by atoms with Crippen LogP contribution in [0.4, 0.5) is 0 Å². The number of aryl methyl sites for hydroxylation is 1. The molecule has 0 aromatic heterocycles. The molecule has 2 aliphatic rings. The number of rotatable bonds is 15. The van der Waals surface area contributed by atoms with Crippen molar-refractivity contribution in [2.75, 3.05) is 27.2 Å². The highest BCUT2D eigenvalue weighted by Crippen LogP contribution is 2.30. The fourth-order valence-corrected chi connectivity index (χ4v) is 6.90. The summed E-state index contributed by atoms with van der Waals surface area (Å²) in [4.78, 5) is 81.5. The van der Waals surface area contributed by atoms with E-state index >= 15 is 0 Å². The summed E-state index contributed by atoms with van der Waals surface area (Å²) >= 11 is 0. The van der Waals surface area contributed by atoms with Gasteiger partial charge in [0.1, 0.15) is 24.2 Å². The third kappa shape index (κ3) is 13.6. The van der Waals surface area contributed by atoms with Crippen LogP contribution in [0.1, 0.15) is 111 Å². The predicted molar refractivity (Wildman–Crippen MR) is 225 cm³/mol. The van der Waals surface area contributed by atoms with Crippen LogP contribution < -0.4 is 37.2 Å². The Morgan fingerprint density at radius 3 is 1.98 bits per heavy atom. The molecule has 1 aromatic carbocycles. The highest BCUT2D eigenvalue weighted by molar-refractivity contribution is 5.95. The number of nitrogens with one attached hydrogen (secondary N) is 7. The summed E-state index contributed by atoms with van der Waals surface area (Å²) in [6.45, 7) is 15.2. The number of nitrogens with zero attached hydrogens (tertiary/aromatic N) is 1. The molecule has 14 heteroatoms. The highest BCUT2D eigenvalue weighted by atomic mass is 16.2. The molecule has 0 spiro atoms. The van der Waals surface area contributed by atoms with Crippen LogP contribution in [0.2, 0.25) is 0 Å². The summed E-state index contributed by atoms with van der Waals surface area (Å²) in [6.07, 6.45) is 4.08. The molecule has 6 amide bonds. The van der Waals surface area contributed by atoms with E-state index in [1.807, 2.05) is 59.7 Å². The standard InChI is InChI=1S/C44H66N8O6/c1-28(45-9)37(53)50-35(43(3,4)5)41(57)49-33(39(55)48-32-24-18-21-30-20-15-16-22-31(30)32)23-14-12-11-13-17-26-47-40(56)34-25-19-27-52(34)42(58)36(44(6,7)8)51-38(54)29(2)46-10/h15-16,20,22,28-29,32-36,45-46H,17-19,21,23-27H2,1-10H3,(H,47,56)(H,48,55)(H,49,57)(H,50,53)(H,51,54)/t28-,29-,32+,33-,34-,35+,36+/m0/s1. The maximum Gasteiger partial charge on any atom is 0.246 e. The van der Waals surface area contributed by atoms with Gasteiger partial charge in [-0.15, -0.1) is 0 Å². The Morgan fingerprint density at radius 2 is 1.36 bits per heavy atom. The van der Waals surface area contributed by atoms with Gasteiger partial charge in [-0.25, -0.2) is 0 Å². The number of hydrogen-bond donors (Lipinski definition) is 7. The minimum atomic E-state index is -1.02. The minimum absolute atomic E-state index is 0.0233. The van der Waals surface area contributed by atoms with E-state index in [4.69, 9.17) is 0 Å². The zero-order chi connectivity index (χ0) is 43.2. The van der Waals surface area contributed by atoms with Crippen molar-refractivity contribution in [3.8, 4) is 23.7 Å². The van der Waals surface area contributed by atoms with Crippen LogP contribution in [-0.2, 0) is 35.2 Å². The van der Waals surface area contributed by atoms with Gasteiger partial charge in [-0.3, -0.25) is 28.8 Å². The fourth-order valence-electron chi connectivity index (χ4n) is 6.90. The van der Waals surface area contributed by atoms with E-state index in [1.54, 1.807) is 32.8 Å². The van der Waals surface area contributed by atoms with Crippen molar-refractivity contribution in [3.05, 3.63) is 35.4 Å². The van der Waals surface area contributed by atoms with Crippen LogP contribution >= 0.6 is 0 Å². The summed E-state index contributed by atoms with van der Waals surface area (Å²) < 4.78 is 0. The van der Waals surface area contributed by atoms with Crippen molar-refractivity contribution in [1.29, 1.82) is 0 Å². The minimum Gasteiger partial charge on any atom is -0.353 e. The number of hydrogen-bond acceptors (Lipinski definition) is 8. The first-order chi connectivity index (χ1) is 27.3. The van der Waals surface area contributed by atoms with Crippen LogP contribution in [-0.4, -0.2) is 104 Å². The van der Waals surface area contributed by atoms with E-state index in [9.17, 15) is 28.8 Å². The molecule has 7 N–H and O–H groups in total. The Labute approximate surface area is 345 Å². The number of carbonyl (C=O) groups excluding carboxylic acids is 6. The van der Waals surface area contributed by atoms with E-state index in [0.29, 0.717) is 25.8 Å². The van der Waals surface area contributed by atoms with Crippen LogP contribution in [0.25, 0.3) is 0 Å². The molecular weight excluding hydrogens is 737 g/mol. The van der Waals surface area contributed by atoms with Crippen LogP contribution in [0.15, 0.2) is 24.3 Å². The Balaban J connectivity index is 1.66. The van der Waals surface area contributed by atoms with Crippen molar-refractivity contribution in [2.45, 2.75) is 143 Å². The molecule has 58 heavy (non-hydrogen) atoms. The Kier molecular flexibility index (Phi) is 17.8. The Bertz CT molecular complexity index is 1760. The molecule has 7 atom stereocenters. The van der Waals surface area contributed by atoms with Gasteiger partial charge in [0.25, 0.3) is 0 Å².